The van der Waals surface area contributed by atoms with E-state index in [4.69, 9.17) is 4.74 Å². The zero-order valence-corrected chi connectivity index (χ0v) is 13.8. The summed E-state index contributed by atoms with van der Waals surface area (Å²) in [7, 11) is 0. The molecule has 0 aromatic carbocycles. The van der Waals surface area contributed by atoms with E-state index in [1.54, 1.807) is 20.8 Å². The first-order chi connectivity index (χ1) is 10.3. The van der Waals surface area contributed by atoms with Crippen LogP contribution in [0.2, 0.25) is 0 Å². The molecule has 2 amide bonds. The van der Waals surface area contributed by atoms with Crippen molar-refractivity contribution in [3.8, 4) is 0 Å². The van der Waals surface area contributed by atoms with Crippen molar-refractivity contribution in [2.24, 2.45) is 5.92 Å². The molecule has 1 heterocycles. The number of carbonyl (C=O) groups excluding carboxylic acids is 2. The van der Waals surface area contributed by atoms with Crippen molar-refractivity contribution < 1.29 is 19.4 Å². The van der Waals surface area contributed by atoms with E-state index >= 15 is 0 Å². The molecule has 0 spiro atoms. The maximum atomic E-state index is 12.5. The molecule has 2 aliphatic rings. The molecule has 1 aliphatic carbocycles. The number of hydrogen-bond acceptors (Lipinski definition) is 4. The fourth-order valence-electron chi connectivity index (χ4n) is 3.19. The summed E-state index contributed by atoms with van der Waals surface area (Å²) in [5, 5.41) is 9.40. The molecule has 1 saturated heterocycles. The number of ether oxygens (including phenoxy) is 1. The van der Waals surface area contributed by atoms with Gasteiger partial charge in [-0.05, 0) is 40.0 Å². The number of allylic oxidation sites excluding steroid dienone is 1. The Morgan fingerprint density at radius 3 is 2.68 bits per heavy atom. The molecule has 122 valence electrons. The minimum Gasteiger partial charge on any atom is -0.515 e. The van der Waals surface area contributed by atoms with Crippen LogP contribution in [0.5, 0.6) is 0 Å². The highest BCUT2D eigenvalue weighted by molar-refractivity contribution is 6.06. The Morgan fingerprint density at radius 1 is 1.45 bits per heavy atom. The first-order valence-electron chi connectivity index (χ1n) is 7.90. The van der Waals surface area contributed by atoms with Gasteiger partial charge in [-0.3, -0.25) is 4.79 Å². The maximum Gasteiger partial charge on any atom is 0.417 e. The number of fused-ring (bicyclic) bond motifs is 1. The largest absolute Gasteiger partial charge is 0.515 e. The van der Waals surface area contributed by atoms with E-state index in [0.717, 1.165) is 37.5 Å². The highest BCUT2D eigenvalue weighted by Gasteiger charge is 2.52. The van der Waals surface area contributed by atoms with Crippen molar-refractivity contribution in [1.82, 2.24) is 4.90 Å². The second-order valence-electron chi connectivity index (χ2n) is 6.90. The summed E-state index contributed by atoms with van der Waals surface area (Å²) < 4.78 is 5.38. The van der Waals surface area contributed by atoms with Crippen molar-refractivity contribution in [3.63, 3.8) is 0 Å². The molecule has 2 rings (SSSR count). The van der Waals surface area contributed by atoms with E-state index in [1.165, 1.54) is 4.90 Å². The number of aliphatic hydroxyl groups is 1. The van der Waals surface area contributed by atoms with Crippen molar-refractivity contribution in [2.75, 3.05) is 0 Å². The van der Waals surface area contributed by atoms with Crippen LogP contribution in [0, 0.1) is 5.92 Å². The van der Waals surface area contributed by atoms with Crippen molar-refractivity contribution in [2.45, 2.75) is 65.0 Å². The molecule has 1 saturated carbocycles. The van der Waals surface area contributed by atoms with Gasteiger partial charge in [0.05, 0.1) is 17.9 Å². The minimum atomic E-state index is -0.662. The molecule has 0 bridgehead atoms. The number of imide groups is 1. The van der Waals surface area contributed by atoms with E-state index in [-0.39, 0.29) is 12.0 Å². The second-order valence-corrected chi connectivity index (χ2v) is 6.90. The van der Waals surface area contributed by atoms with Gasteiger partial charge in [0.1, 0.15) is 5.60 Å². The van der Waals surface area contributed by atoms with Gasteiger partial charge in [0, 0.05) is 5.92 Å². The minimum absolute atomic E-state index is 0.117. The van der Waals surface area contributed by atoms with Gasteiger partial charge in [-0.1, -0.05) is 25.0 Å². The second kappa shape index (κ2) is 6.15. The molecule has 0 aromatic heterocycles. The van der Waals surface area contributed by atoms with Crippen molar-refractivity contribution in [1.29, 1.82) is 0 Å². The van der Waals surface area contributed by atoms with Gasteiger partial charge in [0.15, 0.2) is 0 Å². The molecule has 5 heteroatoms. The number of unbranched alkanes of at least 4 members (excludes halogenated alkanes) is 1. The van der Waals surface area contributed by atoms with Gasteiger partial charge in [-0.15, -0.1) is 0 Å². The fraction of sp³-hybridized carbons (Fsp3) is 0.647. The van der Waals surface area contributed by atoms with Crippen LogP contribution in [0.15, 0.2) is 23.5 Å². The Kier molecular flexibility index (Phi) is 4.63. The molecule has 1 aliphatic heterocycles. The summed E-state index contributed by atoms with van der Waals surface area (Å²) in [6.07, 6.45) is 5.91. The first kappa shape index (κ1) is 16.6. The lowest BCUT2D eigenvalue weighted by atomic mass is 9.98. The molecule has 2 atom stereocenters. The SMILES string of the molecule is CCC/C=C1\CCC2/C(=C\O)C(=O)N(C(=O)OC(C)(C)C)C12. The average molecular weight is 307 g/mol. The summed E-state index contributed by atoms with van der Waals surface area (Å²) >= 11 is 0. The highest BCUT2D eigenvalue weighted by Crippen LogP contribution is 2.45. The van der Waals surface area contributed by atoms with E-state index in [2.05, 4.69) is 13.0 Å². The number of amides is 2. The van der Waals surface area contributed by atoms with E-state index in [9.17, 15) is 14.7 Å². The lowest BCUT2D eigenvalue weighted by Gasteiger charge is -2.27. The third kappa shape index (κ3) is 3.03. The normalized spacial score (nSPS) is 28.5. The first-order valence-corrected chi connectivity index (χ1v) is 7.90. The van der Waals surface area contributed by atoms with Crippen LogP contribution in [0.25, 0.3) is 0 Å². The predicted octanol–water partition coefficient (Wildman–Crippen LogP) is 3.71. The standard InChI is InChI=1S/C17H25NO4/c1-5-6-7-11-8-9-12-13(10-19)15(20)18(14(11)12)16(21)22-17(2,3)4/h7,10,12,14,19H,5-6,8-9H2,1-4H3/b11-7+,13-10+. The summed E-state index contributed by atoms with van der Waals surface area (Å²) in [6.45, 7) is 7.41. The van der Waals surface area contributed by atoms with Crippen LogP contribution in [-0.2, 0) is 9.53 Å². The number of aliphatic hydroxyl groups excluding tert-OH is 1. The van der Waals surface area contributed by atoms with Crippen LogP contribution in [0.4, 0.5) is 4.79 Å². The Labute approximate surface area is 131 Å². The molecule has 0 radical (unpaired) electrons. The molecule has 22 heavy (non-hydrogen) atoms. The lowest BCUT2D eigenvalue weighted by molar-refractivity contribution is -0.125. The van der Waals surface area contributed by atoms with Gasteiger partial charge in [0.25, 0.3) is 5.91 Å². The van der Waals surface area contributed by atoms with Gasteiger partial charge >= 0.3 is 6.09 Å². The van der Waals surface area contributed by atoms with Gasteiger partial charge in [-0.2, -0.15) is 0 Å². The van der Waals surface area contributed by atoms with Crippen molar-refractivity contribution in [3.05, 3.63) is 23.5 Å². The molecule has 2 fully saturated rings. The summed E-state index contributed by atoms with van der Waals surface area (Å²) in [5.41, 5.74) is 0.753. The van der Waals surface area contributed by atoms with Crippen LogP contribution < -0.4 is 0 Å². The Balaban J connectivity index is 2.33. The van der Waals surface area contributed by atoms with Gasteiger partial charge in [-0.25, -0.2) is 9.69 Å². The zero-order chi connectivity index (χ0) is 16.5. The smallest absolute Gasteiger partial charge is 0.417 e. The Bertz CT molecular complexity index is 527. The molecular formula is C17H25NO4. The Morgan fingerprint density at radius 2 is 2.14 bits per heavy atom. The topological polar surface area (TPSA) is 66.8 Å². The van der Waals surface area contributed by atoms with Gasteiger partial charge < -0.3 is 9.84 Å². The van der Waals surface area contributed by atoms with Crippen LogP contribution in [-0.4, -0.2) is 33.6 Å². The summed E-state index contributed by atoms with van der Waals surface area (Å²) in [6, 6.07) is -0.299. The monoisotopic (exact) mass is 307 g/mol. The third-order valence-electron chi connectivity index (χ3n) is 4.07. The third-order valence-corrected chi connectivity index (χ3v) is 4.07. The molecule has 2 unspecified atom stereocenters. The molecule has 5 nitrogen and oxygen atoms in total. The fourth-order valence-corrected chi connectivity index (χ4v) is 3.19. The maximum absolute atomic E-state index is 12.5. The van der Waals surface area contributed by atoms with Crippen LogP contribution in [0.3, 0.4) is 0 Å². The predicted molar refractivity (Wildman–Crippen MR) is 83.3 cm³/mol. The summed E-state index contributed by atoms with van der Waals surface area (Å²) in [4.78, 5) is 26.1. The van der Waals surface area contributed by atoms with E-state index < -0.39 is 17.6 Å². The molecular weight excluding hydrogens is 282 g/mol. The molecule has 0 aromatic rings. The van der Waals surface area contributed by atoms with E-state index in [1.807, 2.05) is 0 Å². The number of nitrogens with zero attached hydrogens (tertiary/aromatic N) is 1. The number of likely N-dealkylation sites (tertiary alicyclic amines) is 1. The van der Waals surface area contributed by atoms with E-state index in [0.29, 0.717) is 5.57 Å². The quantitative estimate of drug-likeness (QED) is 0.480. The highest BCUT2D eigenvalue weighted by atomic mass is 16.6. The van der Waals surface area contributed by atoms with Crippen molar-refractivity contribution >= 4 is 12.0 Å². The average Bonchev–Trinajstić information content (AvgIpc) is 2.91. The number of hydrogen-bond donors (Lipinski definition) is 1. The number of rotatable bonds is 2. The lowest BCUT2D eigenvalue weighted by Crippen LogP contribution is -2.43. The van der Waals surface area contributed by atoms with Crippen LogP contribution >= 0.6 is 0 Å². The van der Waals surface area contributed by atoms with Gasteiger partial charge in [0.2, 0.25) is 0 Å². The number of carbonyl (C=O) groups is 2. The van der Waals surface area contributed by atoms with Crippen LogP contribution in [0.1, 0.15) is 53.4 Å². The molecule has 1 N–H and O–H groups in total. The summed E-state index contributed by atoms with van der Waals surface area (Å²) in [5.74, 6) is -0.554. The zero-order valence-electron chi connectivity index (χ0n) is 13.8. The Hall–Kier alpha value is -1.78.